The quantitative estimate of drug-likeness (QED) is 0.718. The van der Waals surface area contributed by atoms with Gasteiger partial charge in [-0.25, -0.2) is 4.39 Å². The van der Waals surface area contributed by atoms with Crippen molar-refractivity contribution in [3.63, 3.8) is 0 Å². The molecule has 0 fully saturated rings. The third-order valence-electron chi connectivity index (χ3n) is 4.51. The van der Waals surface area contributed by atoms with E-state index >= 15 is 0 Å². The molecule has 2 aromatic rings. The van der Waals surface area contributed by atoms with Gasteiger partial charge in [0.1, 0.15) is 6.04 Å². The van der Waals surface area contributed by atoms with E-state index in [9.17, 15) is 14.0 Å². The molecule has 0 spiro atoms. The molecular weight excluding hydrogens is 359 g/mol. The zero-order chi connectivity index (χ0) is 20.5. The minimum Gasteiger partial charge on any atom is -0.481 e. The summed E-state index contributed by atoms with van der Waals surface area (Å²) in [7, 11) is 0. The van der Waals surface area contributed by atoms with Crippen LogP contribution in [0.25, 0.3) is 0 Å². The van der Waals surface area contributed by atoms with Gasteiger partial charge in [0.15, 0.2) is 18.2 Å². The summed E-state index contributed by atoms with van der Waals surface area (Å²) in [6.45, 7) is 6.07. The summed E-state index contributed by atoms with van der Waals surface area (Å²) in [5, 5.41) is 2.82. The van der Waals surface area contributed by atoms with Crippen molar-refractivity contribution < 1.29 is 18.7 Å². The molecule has 2 rings (SSSR count). The molecule has 5 nitrogen and oxygen atoms in total. The molecule has 0 bridgehead atoms. The Morgan fingerprint density at radius 3 is 2.50 bits per heavy atom. The Bertz CT molecular complexity index is 810. The predicted molar refractivity (Wildman–Crippen MR) is 106 cm³/mol. The second-order valence-corrected chi connectivity index (χ2v) is 6.63. The Labute approximate surface area is 165 Å². The zero-order valence-electron chi connectivity index (χ0n) is 16.6. The average molecular weight is 386 g/mol. The van der Waals surface area contributed by atoms with Gasteiger partial charge in [0.2, 0.25) is 5.91 Å². The Morgan fingerprint density at radius 2 is 1.82 bits per heavy atom. The van der Waals surface area contributed by atoms with E-state index in [1.807, 2.05) is 38.1 Å². The number of nitrogens with one attached hydrogen (secondary N) is 1. The second kappa shape index (κ2) is 10.4. The van der Waals surface area contributed by atoms with E-state index in [2.05, 4.69) is 5.32 Å². The van der Waals surface area contributed by atoms with E-state index in [1.165, 1.54) is 17.0 Å². The SMILES string of the molecule is CCCNC(=O)[C@@H](C)N(Cc1ccccc1C)C(=O)COc1ccccc1F. The molecule has 6 heteroatoms. The van der Waals surface area contributed by atoms with Crippen molar-refractivity contribution in [1.82, 2.24) is 10.2 Å². The fourth-order valence-electron chi connectivity index (χ4n) is 2.73. The number of hydrogen-bond acceptors (Lipinski definition) is 3. The van der Waals surface area contributed by atoms with E-state index in [0.29, 0.717) is 6.54 Å². The molecule has 0 aliphatic carbocycles. The number of carbonyl (C=O) groups excluding carboxylic acids is 2. The lowest BCUT2D eigenvalue weighted by Crippen LogP contribution is -2.49. The van der Waals surface area contributed by atoms with Crippen molar-refractivity contribution in [2.75, 3.05) is 13.2 Å². The maximum Gasteiger partial charge on any atom is 0.261 e. The molecule has 0 radical (unpaired) electrons. The molecule has 0 heterocycles. The van der Waals surface area contributed by atoms with Crippen molar-refractivity contribution in [1.29, 1.82) is 0 Å². The standard InChI is InChI=1S/C22H27FN2O3/c1-4-13-24-22(27)17(3)25(14-18-10-6-5-9-16(18)2)21(26)15-28-20-12-8-7-11-19(20)23/h5-12,17H,4,13-15H2,1-3H3,(H,24,27)/t17-/m1/s1. The first-order valence-electron chi connectivity index (χ1n) is 9.43. The van der Waals surface area contributed by atoms with E-state index in [0.717, 1.165) is 17.5 Å². The lowest BCUT2D eigenvalue weighted by molar-refractivity contribution is -0.142. The van der Waals surface area contributed by atoms with Crippen molar-refractivity contribution in [2.24, 2.45) is 0 Å². The zero-order valence-corrected chi connectivity index (χ0v) is 16.6. The largest absolute Gasteiger partial charge is 0.481 e. The van der Waals surface area contributed by atoms with Gasteiger partial charge in [0, 0.05) is 13.1 Å². The Hall–Kier alpha value is -2.89. The Kier molecular flexibility index (Phi) is 7.99. The summed E-state index contributed by atoms with van der Waals surface area (Å²) >= 11 is 0. The first-order valence-corrected chi connectivity index (χ1v) is 9.43. The number of benzene rings is 2. The van der Waals surface area contributed by atoms with Crippen LogP contribution in [0.15, 0.2) is 48.5 Å². The highest BCUT2D eigenvalue weighted by atomic mass is 19.1. The molecule has 0 aliphatic rings. The van der Waals surface area contributed by atoms with Gasteiger partial charge < -0.3 is 15.0 Å². The number of rotatable bonds is 9. The number of carbonyl (C=O) groups is 2. The van der Waals surface area contributed by atoms with E-state index in [1.54, 1.807) is 19.1 Å². The number of aryl methyl sites for hydroxylation is 1. The van der Waals surface area contributed by atoms with Crippen molar-refractivity contribution in [2.45, 2.75) is 39.8 Å². The highest BCUT2D eigenvalue weighted by Crippen LogP contribution is 2.17. The topological polar surface area (TPSA) is 58.6 Å². The Balaban J connectivity index is 2.16. The fraction of sp³-hybridized carbons (Fsp3) is 0.364. The van der Waals surface area contributed by atoms with Crippen LogP contribution in [0.1, 0.15) is 31.4 Å². The minimum atomic E-state index is -0.678. The number of hydrogen-bond donors (Lipinski definition) is 1. The van der Waals surface area contributed by atoms with Gasteiger partial charge in [-0.2, -0.15) is 0 Å². The van der Waals surface area contributed by atoms with E-state index in [-0.39, 0.29) is 30.7 Å². The third kappa shape index (κ3) is 5.81. The lowest BCUT2D eigenvalue weighted by atomic mass is 10.1. The molecule has 2 amide bonds. The van der Waals surface area contributed by atoms with Crippen LogP contribution >= 0.6 is 0 Å². The second-order valence-electron chi connectivity index (χ2n) is 6.63. The highest BCUT2D eigenvalue weighted by molar-refractivity contribution is 5.87. The molecule has 0 saturated heterocycles. The molecular formula is C22H27FN2O3. The van der Waals surface area contributed by atoms with Gasteiger partial charge in [-0.15, -0.1) is 0 Å². The Morgan fingerprint density at radius 1 is 1.14 bits per heavy atom. The maximum atomic E-state index is 13.8. The van der Waals surface area contributed by atoms with Gasteiger partial charge in [0.25, 0.3) is 5.91 Å². The highest BCUT2D eigenvalue weighted by Gasteiger charge is 2.26. The lowest BCUT2D eigenvalue weighted by Gasteiger charge is -2.29. The summed E-state index contributed by atoms with van der Waals surface area (Å²) in [4.78, 5) is 26.8. The molecule has 28 heavy (non-hydrogen) atoms. The first-order chi connectivity index (χ1) is 13.4. The summed E-state index contributed by atoms with van der Waals surface area (Å²) in [5.74, 6) is -1.13. The van der Waals surface area contributed by atoms with Crippen LogP contribution in [-0.4, -0.2) is 35.9 Å². The molecule has 1 atom stereocenters. The molecule has 1 N–H and O–H groups in total. The normalized spacial score (nSPS) is 11.6. The van der Waals surface area contributed by atoms with Gasteiger partial charge in [-0.1, -0.05) is 43.3 Å². The van der Waals surface area contributed by atoms with Crippen LogP contribution in [0.5, 0.6) is 5.75 Å². The number of ether oxygens (including phenoxy) is 1. The number of halogens is 1. The van der Waals surface area contributed by atoms with Crippen LogP contribution in [0.4, 0.5) is 4.39 Å². The molecule has 150 valence electrons. The van der Waals surface area contributed by atoms with Crippen LogP contribution < -0.4 is 10.1 Å². The summed E-state index contributed by atoms with van der Waals surface area (Å²) in [6.07, 6.45) is 0.806. The summed E-state index contributed by atoms with van der Waals surface area (Å²) in [6, 6.07) is 12.9. The molecule has 0 unspecified atom stereocenters. The smallest absolute Gasteiger partial charge is 0.261 e. The summed E-state index contributed by atoms with van der Waals surface area (Å²) in [5.41, 5.74) is 1.97. The van der Waals surface area contributed by atoms with Crippen LogP contribution in [0.2, 0.25) is 0 Å². The number of para-hydroxylation sites is 1. The number of amides is 2. The van der Waals surface area contributed by atoms with Crippen LogP contribution in [-0.2, 0) is 16.1 Å². The first kappa shape index (κ1) is 21.4. The third-order valence-corrected chi connectivity index (χ3v) is 4.51. The van der Waals surface area contributed by atoms with Gasteiger partial charge >= 0.3 is 0 Å². The van der Waals surface area contributed by atoms with Crippen molar-refractivity contribution in [3.05, 3.63) is 65.5 Å². The monoisotopic (exact) mass is 386 g/mol. The van der Waals surface area contributed by atoms with E-state index in [4.69, 9.17) is 4.74 Å². The molecule has 0 aromatic heterocycles. The van der Waals surface area contributed by atoms with Gasteiger partial charge in [0.05, 0.1) is 0 Å². The van der Waals surface area contributed by atoms with Crippen LogP contribution in [0, 0.1) is 12.7 Å². The fourth-order valence-corrected chi connectivity index (χ4v) is 2.73. The van der Waals surface area contributed by atoms with Crippen molar-refractivity contribution in [3.8, 4) is 5.75 Å². The minimum absolute atomic E-state index is 0.00905. The predicted octanol–water partition coefficient (Wildman–Crippen LogP) is 3.46. The average Bonchev–Trinajstić information content (AvgIpc) is 2.70. The molecule has 0 saturated carbocycles. The van der Waals surface area contributed by atoms with Crippen LogP contribution in [0.3, 0.4) is 0 Å². The maximum absolute atomic E-state index is 13.8. The van der Waals surface area contributed by atoms with Crippen molar-refractivity contribution >= 4 is 11.8 Å². The van der Waals surface area contributed by atoms with Gasteiger partial charge in [-0.05, 0) is 43.5 Å². The van der Waals surface area contributed by atoms with Gasteiger partial charge in [-0.3, -0.25) is 9.59 Å². The molecule has 0 aliphatic heterocycles. The van der Waals surface area contributed by atoms with E-state index < -0.39 is 11.9 Å². The number of nitrogens with zero attached hydrogens (tertiary/aromatic N) is 1. The summed E-state index contributed by atoms with van der Waals surface area (Å²) < 4.78 is 19.1. The molecule has 2 aromatic carbocycles.